The lowest BCUT2D eigenvalue weighted by atomic mass is 10.1. The molecule has 0 saturated heterocycles. The van der Waals surface area contributed by atoms with Gasteiger partial charge in [0.05, 0.1) is 19.1 Å². The van der Waals surface area contributed by atoms with Gasteiger partial charge in [-0.3, -0.25) is 4.79 Å². The molecule has 0 unspecified atom stereocenters. The van der Waals surface area contributed by atoms with E-state index in [-0.39, 0.29) is 31.0 Å². The summed E-state index contributed by atoms with van der Waals surface area (Å²) in [5.41, 5.74) is -0.682. The van der Waals surface area contributed by atoms with Crippen molar-refractivity contribution in [1.29, 1.82) is 0 Å². The van der Waals surface area contributed by atoms with Crippen molar-refractivity contribution < 1.29 is 28.6 Å². The number of nitrogens with one attached hydrogen (secondary N) is 1. The molecule has 0 aromatic heterocycles. The van der Waals surface area contributed by atoms with Crippen molar-refractivity contribution in [3.8, 4) is 0 Å². The van der Waals surface area contributed by atoms with Crippen LogP contribution in [0.25, 0.3) is 0 Å². The molecule has 1 N–H and O–H groups in total. The average molecular weight is 329 g/mol. The summed E-state index contributed by atoms with van der Waals surface area (Å²) in [5, 5.41) is 2.53. The smallest absolute Gasteiger partial charge is 0.408 e. The maximum atomic E-state index is 12.2. The second kappa shape index (κ2) is 7.66. The fourth-order valence-electron chi connectivity index (χ4n) is 2.59. The van der Waals surface area contributed by atoms with Crippen LogP contribution in [-0.4, -0.2) is 42.9 Å². The van der Waals surface area contributed by atoms with Gasteiger partial charge in [-0.15, -0.1) is 0 Å². The SMILES string of the molecule is CCOC(=O)[C@H]1[C@H](C)[C@@H]1[C@H](NC(=O)OC(C)(C)C)C(=O)OCC. The predicted octanol–water partition coefficient (Wildman–Crippen LogP) is 1.89. The molecule has 4 atom stereocenters. The van der Waals surface area contributed by atoms with E-state index >= 15 is 0 Å². The Balaban J connectivity index is 2.80. The Bertz CT molecular complexity index is 456. The van der Waals surface area contributed by atoms with Gasteiger partial charge in [-0.25, -0.2) is 9.59 Å². The maximum absolute atomic E-state index is 12.2. The van der Waals surface area contributed by atoms with Gasteiger partial charge in [-0.2, -0.15) is 0 Å². The van der Waals surface area contributed by atoms with E-state index in [0.717, 1.165) is 0 Å². The van der Waals surface area contributed by atoms with Crippen LogP contribution in [0.2, 0.25) is 0 Å². The van der Waals surface area contributed by atoms with Gasteiger partial charge in [0.1, 0.15) is 11.6 Å². The van der Waals surface area contributed by atoms with Gasteiger partial charge in [-0.1, -0.05) is 6.92 Å². The highest BCUT2D eigenvalue weighted by molar-refractivity contribution is 5.85. The Kier molecular flexibility index (Phi) is 6.41. The molecule has 7 nitrogen and oxygen atoms in total. The number of rotatable bonds is 6. The molecule has 7 heteroatoms. The minimum atomic E-state index is -0.922. The van der Waals surface area contributed by atoms with E-state index < -0.39 is 29.6 Å². The molecular weight excluding hydrogens is 302 g/mol. The quantitative estimate of drug-likeness (QED) is 0.591. The van der Waals surface area contributed by atoms with Crippen LogP contribution in [0.5, 0.6) is 0 Å². The first-order valence-corrected chi connectivity index (χ1v) is 7.95. The molecule has 0 spiro atoms. The van der Waals surface area contributed by atoms with E-state index in [4.69, 9.17) is 14.2 Å². The predicted molar refractivity (Wildman–Crippen MR) is 82.6 cm³/mol. The highest BCUT2D eigenvalue weighted by Gasteiger charge is 2.59. The van der Waals surface area contributed by atoms with Crippen molar-refractivity contribution in [3.63, 3.8) is 0 Å². The molecule has 0 radical (unpaired) electrons. The van der Waals surface area contributed by atoms with E-state index in [1.54, 1.807) is 34.6 Å². The Morgan fingerprint density at radius 3 is 2.13 bits per heavy atom. The zero-order valence-electron chi connectivity index (χ0n) is 14.7. The van der Waals surface area contributed by atoms with Crippen LogP contribution in [0.4, 0.5) is 4.79 Å². The van der Waals surface area contributed by atoms with Gasteiger partial charge < -0.3 is 19.5 Å². The summed E-state index contributed by atoms with van der Waals surface area (Å²) in [7, 11) is 0. The van der Waals surface area contributed by atoms with Gasteiger partial charge in [0.25, 0.3) is 0 Å². The van der Waals surface area contributed by atoms with E-state index in [2.05, 4.69) is 5.32 Å². The van der Waals surface area contributed by atoms with Crippen LogP contribution < -0.4 is 5.32 Å². The molecule has 132 valence electrons. The van der Waals surface area contributed by atoms with Crippen molar-refractivity contribution in [3.05, 3.63) is 0 Å². The summed E-state index contributed by atoms with van der Waals surface area (Å²) in [5.74, 6) is -1.76. The first-order valence-electron chi connectivity index (χ1n) is 7.95. The molecule has 23 heavy (non-hydrogen) atoms. The topological polar surface area (TPSA) is 90.9 Å². The third kappa shape index (κ3) is 5.41. The van der Waals surface area contributed by atoms with Gasteiger partial charge in [0.15, 0.2) is 0 Å². The highest BCUT2D eigenvalue weighted by Crippen LogP contribution is 2.49. The number of amides is 1. The Hall–Kier alpha value is -1.79. The fourth-order valence-corrected chi connectivity index (χ4v) is 2.59. The normalized spacial score (nSPS) is 24.3. The molecule has 0 aromatic carbocycles. The van der Waals surface area contributed by atoms with Crippen molar-refractivity contribution in [2.75, 3.05) is 13.2 Å². The summed E-state index contributed by atoms with van der Waals surface area (Å²) in [6.07, 6.45) is -0.711. The maximum Gasteiger partial charge on any atom is 0.408 e. The van der Waals surface area contributed by atoms with Gasteiger partial charge in [-0.05, 0) is 40.5 Å². The zero-order chi connectivity index (χ0) is 17.8. The molecule has 1 amide bonds. The van der Waals surface area contributed by atoms with Crippen molar-refractivity contribution >= 4 is 18.0 Å². The van der Waals surface area contributed by atoms with E-state index in [1.807, 2.05) is 6.92 Å². The molecule has 0 aromatic rings. The average Bonchev–Trinajstić information content (AvgIpc) is 3.05. The van der Waals surface area contributed by atoms with E-state index in [1.165, 1.54) is 0 Å². The molecule has 1 aliphatic carbocycles. The number of alkyl carbamates (subject to hydrolysis) is 1. The first-order chi connectivity index (χ1) is 10.6. The third-order valence-electron chi connectivity index (χ3n) is 3.60. The number of hydrogen-bond donors (Lipinski definition) is 1. The van der Waals surface area contributed by atoms with Gasteiger partial charge in [0.2, 0.25) is 0 Å². The Morgan fingerprint density at radius 1 is 1.09 bits per heavy atom. The van der Waals surface area contributed by atoms with Crippen molar-refractivity contribution in [2.45, 2.75) is 53.2 Å². The van der Waals surface area contributed by atoms with Gasteiger partial charge in [0, 0.05) is 5.92 Å². The first kappa shape index (κ1) is 19.3. The second-order valence-corrected chi connectivity index (χ2v) is 6.59. The van der Waals surface area contributed by atoms with Crippen molar-refractivity contribution in [1.82, 2.24) is 5.32 Å². The molecule has 1 saturated carbocycles. The number of carbonyl (C=O) groups is 3. The van der Waals surface area contributed by atoms with Crippen LogP contribution >= 0.6 is 0 Å². The number of ether oxygens (including phenoxy) is 3. The molecule has 1 rings (SSSR count). The molecule has 0 aliphatic heterocycles. The summed E-state index contributed by atoms with van der Waals surface area (Å²) in [6, 6.07) is -0.922. The summed E-state index contributed by atoms with van der Waals surface area (Å²) >= 11 is 0. The van der Waals surface area contributed by atoms with Gasteiger partial charge >= 0.3 is 18.0 Å². The lowest BCUT2D eigenvalue weighted by molar-refractivity contribution is -0.147. The Labute approximate surface area is 137 Å². The number of carbonyl (C=O) groups excluding carboxylic acids is 3. The molecular formula is C16H27NO6. The lowest BCUT2D eigenvalue weighted by Crippen LogP contribution is -2.46. The van der Waals surface area contributed by atoms with Crippen LogP contribution in [0, 0.1) is 17.8 Å². The highest BCUT2D eigenvalue weighted by atomic mass is 16.6. The number of esters is 2. The van der Waals surface area contributed by atoms with Crippen LogP contribution in [0.1, 0.15) is 41.5 Å². The summed E-state index contributed by atoms with van der Waals surface area (Å²) in [4.78, 5) is 36.0. The molecule has 0 bridgehead atoms. The van der Waals surface area contributed by atoms with E-state index in [9.17, 15) is 14.4 Å². The monoisotopic (exact) mass is 329 g/mol. The summed E-state index contributed by atoms with van der Waals surface area (Å²) in [6.45, 7) is 10.9. The zero-order valence-corrected chi connectivity index (χ0v) is 14.7. The van der Waals surface area contributed by atoms with Crippen LogP contribution in [0.3, 0.4) is 0 Å². The largest absolute Gasteiger partial charge is 0.466 e. The third-order valence-corrected chi connectivity index (χ3v) is 3.60. The summed E-state index contributed by atoms with van der Waals surface area (Å²) < 4.78 is 15.2. The molecule has 1 fully saturated rings. The molecule has 1 aliphatic rings. The standard InChI is InChI=1S/C16H27NO6/c1-7-21-13(18)11-9(3)10(11)12(14(19)22-8-2)17-15(20)23-16(4,5)6/h9-12H,7-8H2,1-6H3,(H,17,20)/t9-,10+,11+,12+/m1/s1. The molecule has 0 heterocycles. The second-order valence-electron chi connectivity index (χ2n) is 6.59. The van der Waals surface area contributed by atoms with Crippen LogP contribution in [-0.2, 0) is 23.8 Å². The number of hydrogen-bond acceptors (Lipinski definition) is 6. The Morgan fingerprint density at radius 2 is 1.65 bits per heavy atom. The minimum Gasteiger partial charge on any atom is -0.466 e. The van der Waals surface area contributed by atoms with E-state index in [0.29, 0.717) is 0 Å². The minimum absolute atomic E-state index is 0.0709. The van der Waals surface area contributed by atoms with Crippen LogP contribution in [0.15, 0.2) is 0 Å². The fraction of sp³-hybridized carbons (Fsp3) is 0.812. The lowest BCUT2D eigenvalue weighted by Gasteiger charge is -2.23. The van der Waals surface area contributed by atoms with Crippen molar-refractivity contribution in [2.24, 2.45) is 17.8 Å².